The van der Waals surface area contributed by atoms with Gasteiger partial charge in [-0.3, -0.25) is 4.79 Å². The summed E-state index contributed by atoms with van der Waals surface area (Å²) < 4.78 is 3.41. The maximum Gasteiger partial charge on any atom is 0.228 e. The van der Waals surface area contributed by atoms with Gasteiger partial charge in [0.2, 0.25) is 10.2 Å². The Labute approximate surface area is 136 Å². The van der Waals surface area contributed by atoms with Crippen LogP contribution in [0.4, 0.5) is 5.69 Å². The van der Waals surface area contributed by atoms with Gasteiger partial charge in [-0.2, -0.15) is 0 Å². The number of alkyl halides is 3. The normalized spacial score (nSPS) is 12.2. The van der Waals surface area contributed by atoms with E-state index >= 15 is 0 Å². The Morgan fingerprint density at radius 3 is 2.60 bits per heavy atom. The van der Waals surface area contributed by atoms with Crippen molar-refractivity contribution >= 4 is 64.2 Å². The van der Waals surface area contributed by atoms with Crippen molar-refractivity contribution in [2.75, 3.05) is 12.4 Å². The molecule has 0 fully saturated rings. The number of amides is 1. The number of thiocarbonyl (C=S) groups is 1. The fourth-order valence-corrected chi connectivity index (χ4v) is 1.90. The average Bonchev–Trinajstić information content (AvgIpc) is 2.37. The second kappa shape index (κ2) is 7.73. The van der Waals surface area contributed by atoms with Crippen LogP contribution in [0.1, 0.15) is 0 Å². The minimum Gasteiger partial charge on any atom is -0.495 e. The predicted octanol–water partition coefficient (Wildman–Crippen LogP) is 2.42. The standard InChI is InChI=1S/C11H12Cl3N3O2S/c1-19-8-5-3-2-4-7(8)16-10(20)17-9(15-6-18)11(12,13)14/h2-6,9H,1H3,(H,15,18)(H2,16,17,20). The molecule has 0 radical (unpaired) electrons. The number of ether oxygens (including phenoxy) is 1. The van der Waals surface area contributed by atoms with Gasteiger partial charge in [0, 0.05) is 0 Å². The number of methoxy groups -OCH3 is 1. The Hall–Kier alpha value is -0.950. The van der Waals surface area contributed by atoms with Crippen LogP contribution >= 0.6 is 47.0 Å². The predicted molar refractivity (Wildman–Crippen MR) is 85.6 cm³/mol. The highest BCUT2D eigenvalue weighted by Crippen LogP contribution is 2.29. The van der Waals surface area contributed by atoms with Crippen molar-refractivity contribution in [2.24, 2.45) is 0 Å². The fourth-order valence-electron chi connectivity index (χ4n) is 1.32. The molecule has 0 aromatic heterocycles. The topological polar surface area (TPSA) is 62.4 Å². The smallest absolute Gasteiger partial charge is 0.228 e. The van der Waals surface area contributed by atoms with Crippen molar-refractivity contribution in [3.05, 3.63) is 24.3 Å². The van der Waals surface area contributed by atoms with E-state index in [0.29, 0.717) is 17.8 Å². The molecule has 0 aliphatic carbocycles. The maximum atomic E-state index is 10.5. The zero-order valence-corrected chi connectivity index (χ0v) is 13.4. The van der Waals surface area contributed by atoms with Crippen LogP contribution in [0, 0.1) is 0 Å². The number of rotatable bonds is 5. The van der Waals surface area contributed by atoms with Gasteiger partial charge in [0.05, 0.1) is 12.8 Å². The molecule has 0 heterocycles. The van der Waals surface area contributed by atoms with Crippen LogP contribution in [-0.2, 0) is 4.79 Å². The number of nitrogens with one attached hydrogen (secondary N) is 3. The highest BCUT2D eigenvalue weighted by Gasteiger charge is 2.33. The summed E-state index contributed by atoms with van der Waals surface area (Å²) in [5, 5.41) is 8.06. The van der Waals surface area contributed by atoms with Crippen LogP contribution in [0.3, 0.4) is 0 Å². The Morgan fingerprint density at radius 1 is 1.40 bits per heavy atom. The van der Waals surface area contributed by atoms with E-state index in [1.807, 2.05) is 12.1 Å². The maximum absolute atomic E-state index is 10.5. The number of hydrogen-bond donors (Lipinski definition) is 3. The molecule has 0 bridgehead atoms. The average molecular weight is 357 g/mol. The van der Waals surface area contributed by atoms with Crippen LogP contribution in [0.15, 0.2) is 24.3 Å². The van der Waals surface area contributed by atoms with Gasteiger partial charge < -0.3 is 20.7 Å². The first kappa shape index (κ1) is 17.1. The van der Waals surface area contributed by atoms with Crippen LogP contribution in [0.2, 0.25) is 0 Å². The minimum absolute atomic E-state index is 0.167. The van der Waals surface area contributed by atoms with E-state index in [0.717, 1.165) is 0 Å². The second-order valence-electron chi connectivity index (χ2n) is 3.56. The summed E-state index contributed by atoms with van der Waals surface area (Å²) in [6.07, 6.45) is -0.564. The molecule has 20 heavy (non-hydrogen) atoms. The first-order chi connectivity index (χ1) is 9.38. The van der Waals surface area contributed by atoms with Crippen LogP contribution < -0.4 is 20.7 Å². The number of carbonyl (C=O) groups excluding carboxylic acids is 1. The van der Waals surface area contributed by atoms with Gasteiger partial charge in [-0.1, -0.05) is 46.9 Å². The quantitative estimate of drug-likeness (QED) is 0.327. The van der Waals surface area contributed by atoms with Gasteiger partial charge in [0.1, 0.15) is 11.9 Å². The lowest BCUT2D eigenvalue weighted by Crippen LogP contribution is -2.53. The van der Waals surface area contributed by atoms with Crippen molar-refractivity contribution in [1.82, 2.24) is 10.6 Å². The van der Waals surface area contributed by atoms with E-state index in [-0.39, 0.29) is 5.11 Å². The molecule has 9 heteroatoms. The number of hydrogen-bond acceptors (Lipinski definition) is 3. The lowest BCUT2D eigenvalue weighted by Gasteiger charge is -2.26. The van der Waals surface area contributed by atoms with E-state index in [9.17, 15) is 4.79 Å². The molecular weight excluding hydrogens is 345 g/mol. The summed E-state index contributed by atoms with van der Waals surface area (Å²) in [6, 6.07) is 7.16. The number of benzene rings is 1. The van der Waals surface area contributed by atoms with Gasteiger partial charge in [-0.25, -0.2) is 0 Å². The SMILES string of the molecule is COc1ccccc1NC(=S)NC(NC=O)C(Cl)(Cl)Cl. The Morgan fingerprint density at radius 2 is 2.05 bits per heavy atom. The van der Waals surface area contributed by atoms with E-state index in [4.69, 9.17) is 51.8 Å². The summed E-state index contributed by atoms with van der Waals surface area (Å²) in [6.45, 7) is 0. The Balaban J connectivity index is 2.73. The first-order valence-corrected chi connectivity index (χ1v) is 6.89. The van der Waals surface area contributed by atoms with E-state index in [1.165, 1.54) is 7.11 Å². The fraction of sp³-hybridized carbons (Fsp3) is 0.273. The largest absolute Gasteiger partial charge is 0.495 e. The third kappa shape index (κ3) is 5.20. The minimum atomic E-state index is -1.76. The van der Waals surface area contributed by atoms with Crippen molar-refractivity contribution in [2.45, 2.75) is 9.96 Å². The van der Waals surface area contributed by atoms with Crippen molar-refractivity contribution < 1.29 is 9.53 Å². The summed E-state index contributed by atoms with van der Waals surface area (Å²) in [4.78, 5) is 10.5. The molecule has 0 aliphatic rings. The molecule has 0 saturated heterocycles. The van der Waals surface area contributed by atoms with E-state index in [1.54, 1.807) is 12.1 Å². The third-order valence-corrected chi connectivity index (χ3v) is 3.07. The summed E-state index contributed by atoms with van der Waals surface area (Å²) in [5.41, 5.74) is 0.640. The van der Waals surface area contributed by atoms with Crippen molar-refractivity contribution in [1.29, 1.82) is 0 Å². The summed E-state index contributed by atoms with van der Waals surface area (Å²) >= 11 is 22.2. The molecule has 1 amide bonds. The van der Waals surface area contributed by atoms with Crippen LogP contribution in [-0.4, -0.2) is 28.6 Å². The molecule has 0 spiro atoms. The van der Waals surface area contributed by atoms with E-state index < -0.39 is 9.96 Å². The molecule has 1 unspecified atom stereocenters. The highest BCUT2D eigenvalue weighted by molar-refractivity contribution is 7.80. The molecule has 1 rings (SSSR count). The van der Waals surface area contributed by atoms with Crippen LogP contribution in [0.25, 0.3) is 0 Å². The monoisotopic (exact) mass is 355 g/mol. The lowest BCUT2D eigenvalue weighted by atomic mass is 10.3. The molecule has 110 valence electrons. The van der Waals surface area contributed by atoms with Gasteiger partial charge in [-0.15, -0.1) is 0 Å². The van der Waals surface area contributed by atoms with E-state index in [2.05, 4.69) is 16.0 Å². The first-order valence-electron chi connectivity index (χ1n) is 5.35. The van der Waals surface area contributed by atoms with Gasteiger partial charge in [-0.05, 0) is 24.4 Å². The molecular formula is C11H12Cl3N3O2S. The number of carbonyl (C=O) groups is 1. The molecule has 0 saturated carbocycles. The molecule has 0 aliphatic heterocycles. The third-order valence-electron chi connectivity index (χ3n) is 2.19. The lowest BCUT2D eigenvalue weighted by molar-refractivity contribution is -0.110. The Bertz CT molecular complexity index is 482. The van der Waals surface area contributed by atoms with Crippen molar-refractivity contribution in [3.8, 4) is 5.75 Å². The molecule has 1 aromatic rings. The van der Waals surface area contributed by atoms with Crippen LogP contribution in [0.5, 0.6) is 5.75 Å². The second-order valence-corrected chi connectivity index (χ2v) is 6.34. The zero-order valence-electron chi connectivity index (χ0n) is 10.3. The van der Waals surface area contributed by atoms with Gasteiger partial charge in [0.15, 0.2) is 5.11 Å². The zero-order chi connectivity index (χ0) is 15.2. The van der Waals surface area contributed by atoms with Crippen molar-refractivity contribution in [3.63, 3.8) is 0 Å². The summed E-state index contributed by atoms with van der Waals surface area (Å²) in [5.74, 6) is 0.602. The Kier molecular flexibility index (Phi) is 6.61. The van der Waals surface area contributed by atoms with Gasteiger partial charge >= 0.3 is 0 Å². The van der Waals surface area contributed by atoms with Gasteiger partial charge in [0.25, 0.3) is 0 Å². The molecule has 5 nitrogen and oxygen atoms in total. The molecule has 1 atom stereocenters. The highest BCUT2D eigenvalue weighted by atomic mass is 35.6. The number of para-hydroxylation sites is 2. The molecule has 3 N–H and O–H groups in total. The number of anilines is 1. The number of halogens is 3. The summed E-state index contributed by atoms with van der Waals surface area (Å²) in [7, 11) is 1.54. The molecule has 1 aromatic carbocycles.